The third-order valence-corrected chi connectivity index (χ3v) is 7.86. The summed E-state index contributed by atoms with van der Waals surface area (Å²) in [7, 11) is -6.99. The van der Waals surface area contributed by atoms with Gasteiger partial charge in [0.05, 0.1) is 29.0 Å². The Morgan fingerprint density at radius 1 is 0.933 bits per heavy atom. The first-order valence-electron chi connectivity index (χ1n) is 8.79. The molecule has 10 heteroatoms. The minimum absolute atomic E-state index is 0.0272. The molecule has 0 fully saturated rings. The van der Waals surface area contributed by atoms with E-state index in [1.165, 1.54) is 51.3 Å². The third kappa shape index (κ3) is 3.83. The zero-order chi connectivity index (χ0) is 22.1. The predicted molar refractivity (Wildman–Crippen MR) is 112 cm³/mol. The third-order valence-electron chi connectivity index (χ3n) is 4.47. The minimum atomic E-state index is -4.20. The number of ether oxygens (including phenoxy) is 1. The van der Waals surface area contributed by atoms with E-state index in [1.54, 1.807) is 30.3 Å². The summed E-state index contributed by atoms with van der Waals surface area (Å²) in [5.74, 6) is -0.703. The summed E-state index contributed by atoms with van der Waals surface area (Å²) in [4.78, 5) is 11.8. The van der Waals surface area contributed by atoms with Crippen LogP contribution in [0, 0.1) is 13.8 Å². The van der Waals surface area contributed by atoms with Gasteiger partial charge in [-0.1, -0.05) is 30.3 Å². The number of aryl methyl sites for hydroxylation is 1. The number of hydrogen-bond acceptors (Lipinski definition) is 6. The standard InChI is InChI=1S/C20H20N2O6S2/c1-14-13-19(15(2)22(14)30(26,27)16-9-5-4-6-10-16)29(24,25)21-18-12-8-7-11-17(18)20(23)28-3/h4-13,21H,1-3H3. The van der Waals surface area contributed by atoms with Crippen molar-refractivity contribution in [3.63, 3.8) is 0 Å². The van der Waals surface area contributed by atoms with E-state index in [9.17, 15) is 21.6 Å². The summed E-state index contributed by atoms with van der Waals surface area (Å²) in [5.41, 5.74) is 0.326. The maximum Gasteiger partial charge on any atom is 0.339 e. The molecule has 0 aliphatic heterocycles. The molecule has 0 saturated carbocycles. The number of anilines is 1. The van der Waals surface area contributed by atoms with Gasteiger partial charge in [0.25, 0.3) is 20.0 Å². The Morgan fingerprint density at radius 2 is 1.53 bits per heavy atom. The number of para-hydroxylation sites is 1. The smallest absolute Gasteiger partial charge is 0.339 e. The lowest BCUT2D eigenvalue weighted by atomic mass is 10.2. The molecule has 1 aromatic heterocycles. The summed E-state index contributed by atoms with van der Waals surface area (Å²) >= 11 is 0. The number of esters is 1. The summed E-state index contributed by atoms with van der Waals surface area (Å²) in [5, 5.41) is 0. The Bertz CT molecular complexity index is 1310. The molecule has 0 bridgehead atoms. The topological polar surface area (TPSA) is 112 Å². The molecule has 1 N–H and O–H groups in total. The molecule has 2 aromatic carbocycles. The van der Waals surface area contributed by atoms with Crippen molar-refractivity contribution in [2.75, 3.05) is 11.8 Å². The van der Waals surface area contributed by atoms with Crippen molar-refractivity contribution < 1.29 is 26.4 Å². The number of benzene rings is 2. The number of hydrogen-bond donors (Lipinski definition) is 1. The van der Waals surface area contributed by atoms with E-state index in [1.807, 2.05) is 0 Å². The van der Waals surface area contributed by atoms with Gasteiger partial charge < -0.3 is 4.74 Å². The van der Waals surface area contributed by atoms with Crippen LogP contribution >= 0.6 is 0 Å². The Balaban J connectivity index is 2.08. The Kier molecular flexibility index (Phi) is 5.73. The van der Waals surface area contributed by atoms with Crippen molar-refractivity contribution in [3.05, 3.63) is 77.6 Å². The van der Waals surface area contributed by atoms with Gasteiger partial charge in [-0.05, 0) is 44.2 Å². The Morgan fingerprint density at radius 3 is 2.17 bits per heavy atom. The van der Waals surface area contributed by atoms with Crippen LogP contribution in [-0.4, -0.2) is 33.9 Å². The Hall–Kier alpha value is -3.11. The number of rotatable bonds is 6. The van der Waals surface area contributed by atoms with Crippen LogP contribution in [0.1, 0.15) is 21.7 Å². The second-order valence-electron chi connectivity index (χ2n) is 6.46. The molecule has 0 amide bonds. The number of sulfonamides is 1. The van der Waals surface area contributed by atoms with Gasteiger partial charge in [0, 0.05) is 5.69 Å². The highest BCUT2D eigenvalue weighted by molar-refractivity contribution is 7.93. The zero-order valence-electron chi connectivity index (χ0n) is 16.5. The average molecular weight is 449 g/mol. The van der Waals surface area contributed by atoms with Crippen LogP contribution in [0.25, 0.3) is 0 Å². The van der Waals surface area contributed by atoms with Crippen LogP contribution in [0.3, 0.4) is 0 Å². The quantitative estimate of drug-likeness (QED) is 0.581. The van der Waals surface area contributed by atoms with E-state index in [0.717, 1.165) is 3.97 Å². The van der Waals surface area contributed by atoms with Gasteiger partial charge in [0.1, 0.15) is 4.90 Å². The summed E-state index contributed by atoms with van der Waals surface area (Å²) < 4.78 is 60.2. The minimum Gasteiger partial charge on any atom is -0.465 e. The van der Waals surface area contributed by atoms with Gasteiger partial charge >= 0.3 is 5.97 Å². The molecule has 158 valence electrons. The monoisotopic (exact) mass is 448 g/mol. The number of nitrogens with one attached hydrogen (secondary N) is 1. The van der Waals surface area contributed by atoms with E-state index in [4.69, 9.17) is 0 Å². The van der Waals surface area contributed by atoms with Gasteiger partial charge in [-0.15, -0.1) is 0 Å². The van der Waals surface area contributed by atoms with E-state index >= 15 is 0 Å². The number of carbonyl (C=O) groups excluding carboxylic acids is 1. The van der Waals surface area contributed by atoms with Crippen LogP contribution in [0.2, 0.25) is 0 Å². The van der Waals surface area contributed by atoms with Gasteiger partial charge in [0.2, 0.25) is 0 Å². The average Bonchev–Trinajstić information content (AvgIpc) is 3.03. The van der Waals surface area contributed by atoms with Crippen molar-refractivity contribution in [1.82, 2.24) is 3.97 Å². The summed E-state index contributed by atoms with van der Waals surface area (Å²) in [6.45, 7) is 2.92. The van der Waals surface area contributed by atoms with E-state index in [0.29, 0.717) is 0 Å². The predicted octanol–water partition coefficient (Wildman–Crippen LogP) is 2.93. The second-order valence-corrected chi connectivity index (χ2v) is 9.90. The van der Waals surface area contributed by atoms with Crippen LogP contribution in [-0.2, 0) is 24.8 Å². The van der Waals surface area contributed by atoms with Gasteiger partial charge in [-0.3, -0.25) is 4.72 Å². The maximum absolute atomic E-state index is 13.0. The molecule has 0 spiro atoms. The highest BCUT2D eigenvalue weighted by Gasteiger charge is 2.29. The molecule has 3 rings (SSSR count). The lowest BCUT2D eigenvalue weighted by Crippen LogP contribution is -2.19. The Labute approximate surface area is 175 Å². The number of aromatic nitrogens is 1. The van der Waals surface area contributed by atoms with Crippen molar-refractivity contribution in [2.45, 2.75) is 23.6 Å². The fraction of sp³-hybridized carbons (Fsp3) is 0.150. The summed E-state index contributed by atoms with van der Waals surface area (Å²) in [6, 6.07) is 15.0. The largest absolute Gasteiger partial charge is 0.465 e. The lowest BCUT2D eigenvalue weighted by Gasteiger charge is -2.13. The van der Waals surface area contributed by atoms with E-state index in [-0.39, 0.29) is 32.4 Å². The maximum atomic E-state index is 13.0. The molecule has 0 unspecified atom stereocenters. The molecule has 0 aliphatic rings. The molecule has 30 heavy (non-hydrogen) atoms. The first-order chi connectivity index (χ1) is 14.1. The molecule has 1 heterocycles. The van der Waals surface area contributed by atoms with Crippen molar-refractivity contribution in [2.24, 2.45) is 0 Å². The van der Waals surface area contributed by atoms with Crippen molar-refractivity contribution in [1.29, 1.82) is 0 Å². The number of carbonyl (C=O) groups is 1. The zero-order valence-corrected chi connectivity index (χ0v) is 18.1. The molecule has 0 atom stereocenters. The van der Waals surface area contributed by atoms with Gasteiger partial charge in [0.15, 0.2) is 0 Å². The summed E-state index contributed by atoms with van der Waals surface area (Å²) in [6.07, 6.45) is 0. The molecular weight excluding hydrogens is 428 g/mol. The van der Waals surface area contributed by atoms with Gasteiger partial charge in [-0.2, -0.15) is 0 Å². The molecule has 3 aromatic rings. The first kappa shape index (κ1) is 21.6. The molecule has 8 nitrogen and oxygen atoms in total. The fourth-order valence-corrected chi connectivity index (χ4v) is 6.16. The van der Waals surface area contributed by atoms with E-state index < -0.39 is 26.0 Å². The fourth-order valence-electron chi connectivity index (χ4n) is 3.12. The second kappa shape index (κ2) is 7.96. The van der Waals surface area contributed by atoms with Crippen LogP contribution in [0.15, 0.2) is 70.5 Å². The highest BCUT2D eigenvalue weighted by atomic mass is 32.2. The van der Waals surface area contributed by atoms with Crippen molar-refractivity contribution >= 4 is 31.7 Å². The van der Waals surface area contributed by atoms with Crippen LogP contribution in [0.5, 0.6) is 0 Å². The number of nitrogens with zero attached hydrogens (tertiary/aromatic N) is 1. The van der Waals surface area contributed by atoms with Crippen LogP contribution < -0.4 is 4.72 Å². The SMILES string of the molecule is COC(=O)c1ccccc1NS(=O)(=O)c1cc(C)n(S(=O)(=O)c2ccccc2)c1C. The normalized spacial score (nSPS) is 11.8. The van der Waals surface area contributed by atoms with Crippen molar-refractivity contribution in [3.8, 4) is 0 Å². The van der Waals surface area contributed by atoms with E-state index in [2.05, 4.69) is 9.46 Å². The molecule has 0 aliphatic carbocycles. The van der Waals surface area contributed by atoms with Gasteiger partial charge in [-0.25, -0.2) is 25.6 Å². The van der Waals surface area contributed by atoms with Crippen LogP contribution in [0.4, 0.5) is 5.69 Å². The first-order valence-corrected chi connectivity index (χ1v) is 11.7. The molecule has 0 radical (unpaired) electrons. The molecule has 0 saturated heterocycles. The lowest BCUT2D eigenvalue weighted by molar-refractivity contribution is 0.0602. The molecular formula is C20H20N2O6S2. The number of methoxy groups -OCH3 is 1. The highest BCUT2D eigenvalue weighted by Crippen LogP contribution is 2.28.